The van der Waals surface area contributed by atoms with Gasteiger partial charge in [0, 0.05) is 50.7 Å². The van der Waals surface area contributed by atoms with Crippen molar-refractivity contribution in [2.24, 2.45) is 0 Å². The van der Waals surface area contributed by atoms with Crippen molar-refractivity contribution >= 4 is 28.9 Å². The number of nitrogens with one attached hydrogen (secondary N) is 2. The molecule has 0 aliphatic carbocycles. The Kier molecular flexibility index (Phi) is 6.51. The monoisotopic (exact) mass is 486 g/mol. The van der Waals surface area contributed by atoms with Crippen molar-refractivity contribution in [2.45, 2.75) is 32.9 Å². The summed E-state index contributed by atoms with van der Waals surface area (Å²) in [6.45, 7) is 9.34. The lowest BCUT2D eigenvalue weighted by atomic mass is 10.1. The van der Waals surface area contributed by atoms with Crippen molar-refractivity contribution < 1.29 is 9.53 Å². The van der Waals surface area contributed by atoms with Gasteiger partial charge in [-0.2, -0.15) is 0 Å². The van der Waals surface area contributed by atoms with Crippen LogP contribution in [0.15, 0.2) is 55.1 Å². The molecule has 36 heavy (non-hydrogen) atoms. The van der Waals surface area contributed by atoms with Gasteiger partial charge in [-0.15, -0.1) is 0 Å². The molecule has 1 aliphatic rings. The second-order valence-corrected chi connectivity index (χ2v) is 9.83. The summed E-state index contributed by atoms with van der Waals surface area (Å²) < 4.78 is 5.49. The molecule has 1 fully saturated rings. The first-order chi connectivity index (χ1) is 17.3. The van der Waals surface area contributed by atoms with E-state index in [0.29, 0.717) is 19.0 Å². The fourth-order valence-corrected chi connectivity index (χ4v) is 4.13. The highest BCUT2D eigenvalue weighted by Crippen LogP contribution is 2.24. The van der Waals surface area contributed by atoms with Gasteiger partial charge in [0.05, 0.1) is 16.7 Å². The molecule has 1 aliphatic heterocycles. The molecule has 10 heteroatoms. The minimum Gasteiger partial charge on any atom is -0.444 e. The third-order valence-electron chi connectivity index (χ3n) is 5.86. The summed E-state index contributed by atoms with van der Waals surface area (Å²) in [5.74, 6) is 1.34. The summed E-state index contributed by atoms with van der Waals surface area (Å²) >= 11 is 0. The van der Waals surface area contributed by atoms with E-state index in [1.165, 1.54) is 0 Å². The number of aromatic nitrogens is 5. The molecule has 0 spiro atoms. The van der Waals surface area contributed by atoms with Crippen molar-refractivity contribution in [3.8, 4) is 11.3 Å². The third-order valence-corrected chi connectivity index (χ3v) is 5.86. The average Bonchev–Trinajstić information content (AvgIpc) is 3.25. The number of anilines is 2. The molecular weight excluding hydrogens is 456 g/mol. The zero-order valence-electron chi connectivity index (χ0n) is 20.7. The Morgan fingerprint density at radius 2 is 1.89 bits per heavy atom. The lowest BCUT2D eigenvalue weighted by Gasteiger charge is -2.35. The normalized spacial score (nSPS) is 14.7. The number of fused-ring (bicyclic) bond motifs is 1. The molecule has 4 aromatic rings. The van der Waals surface area contributed by atoms with Crippen LogP contribution in [-0.4, -0.2) is 72.6 Å². The smallest absolute Gasteiger partial charge is 0.410 e. The number of nitrogens with zero attached hydrogens (tertiary/aromatic N) is 6. The molecule has 1 amide bonds. The highest BCUT2D eigenvalue weighted by Gasteiger charge is 2.25. The van der Waals surface area contributed by atoms with Crippen molar-refractivity contribution in [2.75, 3.05) is 31.5 Å². The van der Waals surface area contributed by atoms with Crippen LogP contribution < -0.4 is 5.32 Å². The number of H-pyrrole nitrogens is 1. The van der Waals surface area contributed by atoms with Crippen molar-refractivity contribution in [1.29, 1.82) is 0 Å². The molecule has 10 nitrogen and oxygen atoms in total. The Labute approximate surface area is 209 Å². The number of benzene rings is 1. The standard InChI is InChI=1S/C26H30N8O2/c1-26(2,3)36-25(35)34-12-10-33(11-13-34)16-18-6-9-28-23(14-18)32-24-30-21-5-4-19(15-22(21)31-24)20-7-8-27-17-29-20/h4-9,14-15,17H,10-13,16H2,1-3H3,(H2,28,30,31,32). The predicted molar refractivity (Wildman–Crippen MR) is 138 cm³/mol. The van der Waals surface area contributed by atoms with E-state index in [2.05, 4.69) is 35.1 Å². The maximum absolute atomic E-state index is 12.3. The molecule has 0 bridgehead atoms. The highest BCUT2D eigenvalue weighted by molar-refractivity contribution is 5.83. The van der Waals surface area contributed by atoms with Crippen LogP contribution in [0.1, 0.15) is 26.3 Å². The second kappa shape index (κ2) is 9.90. The van der Waals surface area contributed by atoms with Crippen LogP contribution in [0.2, 0.25) is 0 Å². The zero-order chi connectivity index (χ0) is 25.1. The summed E-state index contributed by atoms with van der Waals surface area (Å²) in [4.78, 5) is 37.1. The Morgan fingerprint density at radius 1 is 1.06 bits per heavy atom. The van der Waals surface area contributed by atoms with Crippen LogP contribution in [0.5, 0.6) is 0 Å². The van der Waals surface area contributed by atoms with Gasteiger partial charge in [0.25, 0.3) is 0 Å². The molecule has 0 unspecified atom stereocenters. The quantitative estimate of drug-likeness (QED) is 0.431. The number of imidazole rings is 1. The van der Waals surface area contributed by atoms with Gasteiger partial charge in [-0.1, -0.05) is 6.07 Å². The Bertz CT molecular complexity index is 1340. The number of carbonyl (C=O) groups is 1. The highest BCUT2D eigenvalue weighted by atomic mass is 16.6. The van der Waals surface area contributed by atoms with Gasteiger partial charge in [0.2, 0.25) is 5.95 Å². The molecule has 186 valence electrons. The lowest BCUT2D eigenvalue weighted by molar-refractivity contribution is 0.0139. The van der Waals surface area contributed by atoms with Crippen molar-refractivity contribution in [1.82, 2.24) is 34.7 Å². The van der Waals surface area contributed by atoms with E-state index in [1.807, 2.05) is 57.2 Å². The van der Waals surface area contributed by atoms with E-state index >= 15 is 0 Å². The van der Waals surface area contributed by atoms with Gasteiger partial charge < -0.3 is 19.9 Å². The first kappa shape index (κ1) is 23.7. The third kappa shape index (κ3) is 5.77. The van der Waals surface area contributed by atoms with E-state index in [0.717, 1.165) is 53.3 Å². The van der Waals surface area contributed by atoms with Crippen LogP contribution in [0.3, 0.4) is 0 Å². The summed E-state index contributed by atoms with van der Waals surface area (Å²) in [6.07, 6.45) is 4.82. The van der Waals surface area contributed by atoms with Crippen LogP contribution in [-0.2, 0) is 11.3 Å². The number of ether oxygens (including phenoxy) is 1. The minimum atomic E-state index is -0.479. The van der Waals surface area contributed by atoms with Gasteiger partial charge >= 0.3 is 6.09 Å². The molecular formula is C26H30N8O2. The van der Waals surface area contributed by atoms with Crippen LogP contribution in [0, 0.1) is 0 Å². The first-order valence-electron chi connectivity index (χ1n) is 12.0. The molecule has 4 heterocycles. The Morgan fingerprint density at radius 3 is 2.64 bits per heavy atom. The van der Waals surface area contributed by atoms with Gasteiger partial charge in [-0.25, -0.2) is 24.7 Å². The van der Waals surface area contributed by atoms with Crippen molar-refractivity contribution in [3.63, 3.8) is 0 Å². The summed E-state index contributed by atoms with van der Waals surface area (Å²) in [7, 11) is 0. The molecule has 0 radical (unpaired) electrons. The van der Waals surface area contributed by atoms with E-state index in [1.54, 1.807) is 23.6 Å². The minimum absolute atomic E-state index is 0.243. The Balaban J connectivity index is 1.20. The van der Waals surface area contributed by atoms with Gasteiger partial charge in [0.15, 0.2) is 0 Å². The summed E-state index contributed by atoms with van der Waals surface area (Å²) in [6, 6.07) is 11.9. The molecule has 2 N–H and O–H groups in total. The second-order valence-electron chi connectivity index (χ2n) is 9.83. The fraction of sp³-hybridized carbons (Fsp3) is 0.346. The molecule has 1 saturated heterocycles. The molecule has 0 atom stereocenters. The molecule has 1 aromatic carbocycles. The van der Waals surface area contributed by atoms with Crippen LogP contribution >= 0.6 is 0 Å². The summed E-state index contributed by atoms with van der Waals surface area (Å²) in [5, 5.41) is 3.28. The fourth-order valence-electron chi connectivity index (χ4n) is 4.13. The number of amides is 1. The van der Waals surface area contributed by atoms with Crippen LogP contribution in [0.25, 0.3) is 22.3 Å². The number of rotatable bonds is 5. The number of hydrogen-bond donors (Lipinski definition) is 2. The van der Waals surface area contributed by atoms with E-state index in [4.69, 9.17) is 4.74 Å². The number of pyridine rings is 1. The predicted octanol–water partition coefficient (Wildman–Crippen LogP) is 4.21. The number of hydrogen-bond acceptors (Lipinski definition) is 8. The molecule has 5 rings (SSSR count). The topological polar surface area (TPSA) is 112 Å². The van der Waals surface area contributed by atoms with Gasteiger partial charge in [-0.05, 0) is 56.7 Å². The first-order valence-corrected chi connectivity index (χ1v) is 12.0. The molecule has 0 saturated carbocycles. The van der Waals surface area contributed by atoms with E-state index < -0.39 is 5.60 Å². The number of carbonyl (C=O) groups excluding carboxylic acids is 1. The average molecular weight is 487 g/mol. The maximum Gasteiger partial charge on any atom is 0.410 e. The van der Waals surface area contributed by atoms with Gasteiger partial charge in [-0.3, -0.25) is 4.90 Å². The van der Waals surface area contributed by atoms with Gasteiger partial charge in [0.1, 0.15) is 17.7 Å². The van der Waals surface area contributed by atoms with Crippen molar-refractivity contribution in [3.05, 3.63) is 60.7 Å². The lowest BCUT2D eigenvalue weighted by Crippen LogP contribution is -2.49. The van der Waals surface area contributed by atoms with Crippen LogP contribution in [0.4, 0.5) is 16.6 Å². The largest absolute Gasteiger partial charge is 0.444 e. The van der Waals surface area contributed by atoms with E-state index in [-0.39, 0.29) is 6.09 Å². The maximum atomic E-state index is 12.3. The number of aromatic amines is 1. The summed E-state index contributed by atoms with van der Waals surface area (Å²) in [5.41, 5.74) is 4.28. The SMILES string of the molecule is CC(C)(C)OC(=O)N1CCN(Cc2ccnc(Nc3nc4ccc(-c5ccncn5)cc4[nH]3)c2)CC1. The Hall–Kier alpha value is -4.05. The molecule has 3 aromatic heterocycles. The number of piperazine rings is 1. The zero-order valence-corrected chi connectivity index (χ0v) is 20.7. The van der Waals surface area contributed by atoms with E-state index in [9.17, 15) is 4.79 Å².